The van der Waals surface area contributed by atoms with E-state index in [-0.39, 0.29) is 17.1 Å². The highest BCUT2D eigenvalue weighted by molar-refractivity contribution is 7.89. The molecule has 21 heavy (non-hydrogen) atoms. The summed E-state index contributed by atoms with van der Waals surface area (Å²) in [6.07, 6.45) is 0.718. The van der Waals surface area contributed by atoms with E-state index in [1.165, 1.54) is 0 Å². The van der Waals surface area contributed by atoms with Crippen LogP contribution in [0.4, 0.5) is 0 Å². The van der Waals surface area contributed by atoms with Crippen molar-refractivity contribution < 1.29 is 22.7 Å². The van der Waals surface area contributed by atoms with Crippen LogP contribution in [0.1, 0.15) is 28.5 Å². The maximum Gasteiger partial charge on any atom is 0.371 e. The zero-order valence-electron chi connectivity index (χ0n) is 10.9. The third-order valence-electron chi connectivity index (χ3n) is 3.38. The van der Waals surface area contributed by atoms with Gasteiger partial charge >= 0.3 is 5.97 Å². The lowest BCUT2D eigenvalue weighted by atomic mass is 10.1. The van der Waals surface area contributed by atoms with E-state index in [9.17, 15) is 13.2 Å². The first-order valence-corrected chi connectivity index (χ1v) is 7.86. The quantitative estimate of drug-likeness (QED) is 0.878. The molecule has 110 valence electrons. The molecule has 3 rings (SSSR count). The van der Waals surface area contributed by atoms with Gasteiger partial charge in [0, 0.05) is 12.0 Å². The largest absolute Gasteiger partial charge is 0.475 e. The Morgan fingerprint density at radius 2 is 1.90 bits per heavy atom. The van der Waals surface area contributed by atoms with Crippen molar-refractivity contribution in [1.82, 2.24) is 4.72 Å². The Labute approximate surface area is 121 Å². The Morgan fingerprint density at radius 3 is 2.52 bits per heavy atom. The lowest BCUT2D eigenvalue weighted by Crippen LogP contribution is -2.26. The average molecular weight is 307 g/mol. The highest BCUT2D eigenvalue weighted by atomic mass is 32.2. The maximum atomic E-state index is 12.1. The lowest BCUT2D eigenvalue weighted by molar-refractivity contribution is 0.0656. The summed E-state index contributed by atoms with van der Waals surface area (Å²) in [6.45, 7) is 0. The van der Waals surface area contributed by atoms with Gasteiger partial charge in [-0.25, -0.2) is 17.9 Å². The fourth-order valence-electron chi connectivity index (χ4n) is 2.23. The molecule has 1 fully saturated rings. The van der Waals surface area contributed by atoms with Crippen molar-refractivity contribution in [3.05, 3.63) is 53.8 Å². The van der Waals surface area contributed by atoms with Gasteiger partial charge in [-0.05, 0) is 24.1 Å². The fraction of sp³-hybridized carbons (Fsp3) is 0.214. The van der Waals surface area contributed by atoms with Crippen molar-refractivity contribution in [3.63, 3.8) is 0 Å². The zero-order valence-corrected chi connectivity index (χ0v) is 11.7. The smallest absolute Gasteiger partial charge is 0.371 e. The molecule has 1 heterocycles. The second-order valence-corrected chi connectivity index (χ2v) is 6.55. The van der Waals surface area contributed by atoms with Gasteiger partial charge in [0.25, 0.3) is 10.0 Å². The molecule has 7 heteroatoms. The summed E-state index contributed by atoms with van der Waals surface area (Å²) in [5, 5.41) is 8.36. The van der Waals surface area contributed by atoms with Gasteiger partial charge in [0.1, 0.15) is 0 Å². The monoisotopic (exact) mass is 307 g/mol. The average Bonchev–Trinajstić information content (AvgIpc) is 3.01. The standard InChI is InChI=1S/C14H13NO5S/c16-14(17)12-6-7-13(20-12)21(18,19)15-11-8-10(11)9-4-2-1-3-5-9/h1-7,10-11,15H,8H2,(H,16,17). The number of hydrogen-bond donors (Lipinski definition) is 2. The van der Waals surface area contributed by atoms with E-state index in [4.69, 9.17) is 9.52 Å². The van der Waals surface area contributed by atoms with Crippen molar-refractivity contribution in [1.29, 1.82) is 0 Å². The van der Waals surface area contributed by atoms with E-state index < -0.39 is 21.8 Å². The molecule has 1 saturated carbocycles. The van der Waals surface area contributed by atoms with Crippen LogP contribution in [-0.4, -0.2) is 25.5 Å². The van der Waals surface area contributed by atoms with Gasteiger partial charge in [-0.1, -0.05) is 30.3 Å². The number of carboxylic acid groups (broad SMARTS) is 1. The van der Waals surface area contributed by atoms with Gasteiger partial charge in [0.15, 0.2) is 0 Å². The van der Waals surface area contributed by atoms with Gasteiger partial charge < -0.3 is 9.52 Å². The number of carbonyl (C=O) groups is 1. The van der Waals surface area contributed by atoms with E-state index in [0.29, 0.717) is 0 Å². The number of furan rings is 1. The molecule has 0 radical (unpaired) electrons. The topological polar surface area (TPSA) is 96.6 Å². The minimum atomic E-state index is -3.83. The maximum absolute atomic E-state index is 12.1. The number of aromatic carboxylic acids is 1. The Kier molecular flexibility index (Phi) is 3.30. The molecule has 0 saturated heterocycles. The molecule has 2 atom stereocenters. The summed E-state index contributed by atoms with van der Waals surface area (Å²) in [5.74, 6) is -1.55. The number of sulfonamides is 1. The van der Waals surface area contributed by atoms with Crippen molar-refractivity contribution >= 4 is 16.0 Å². The van der Waals surface area contributed by atoms with Crippen LogP contribution in [0.3, 0.4) is 0 Å². The third kappa shape index (κ3) is 2.84. The number of carboxylic acids is 1. The van der Waals surface area contributed by atoms with Gasteiger partial charge in [-0.2, -0.15) is 0 Å². The number of benzene rings is 1. The number of rotatable bonds is 5. The number of hydrogen-bond acceptors (Lipinski definition) is 4. The molecule has 2 unspecified atom stereocenters. The number of nitrogens with one attached hydrogen (secondary N) is 1. The summed E-state index contributed by atoms with van der Waals surface area (Å²) >= 11 is 0. The van der Waals surface area contributed by atoms with Crippen LogP contribution in [0.25, 0.3) is 0 Å². The van der Waals surface area contributed by atoms with Crippen LogP contribution in [0.2, 0.25) is 0 Å². The molecule has 2 aromatic rings. The Hall–Kier alpha value is -2.12. The molecule has 1 aromatic heterocycles. The Morgan fingerprint density at radius 1 is 1.19 bits per heavy atom. The van der Waals surface area contributed by atoms with Crippen molar-refractivity contribution in [2.24, 2.45) is 0 Å². The molecule has 2 N–H and O–H groups in total. The predicted octanol–water partition coefficient (Wildman–Crippen LogP) is 1.81. The summed E-state index contributed by atoms with van der Waals surface area (Å²) in [6, 6.07) is 11.7. The molecule has 0 amide bonds. The SMILES string of the molecule is O=C(O)c1ccc(S(=O)(=O)NC2CC2c2ccccc2)o1. The van der Waals surface area contributed by atoms with Crippen molar-refractivity contribution in [2.75, 3.05) is 0 Å². The minimum absolute atomic E-state index is 0.148. The van der Waals surface area contributed by atoms with Gasteiger partial charge in [-0.15, -0.1) is 0 Å². The van der Waals surface area contributed by atoms with Gasteiger partial charge in [-0.3, -0.25) is 0 Å². The Bertz CT molecular complexity index is 766. The van der Waals surface area contributed by atoms with Gasteiger partial charge in [0.2, 0.25) is 10.9 Å². The zero-order chi connectivity index (χ0) is 15.0. The summed E-state index contributed by atoms with van der Waals surface area (Å²) in [7, 11) is -3.83. The van der Waals surface area contributed by atoms with Crippen LogP contribution < -0.4 is 4.72 Å². The normalized spacial score (nSPS) is 21.1. The molecule has 1 aromatic carbocycles. The second-order valence-electron chi connectivity index (χ2n) is 4.90. The summed E-state index contributed by atoms with van der Waals surface area (Å²) in [5.41, 5.74) is 1.08. The van der Waals surface area contributed by atoms with Gasteiger partial charge in [0.05, 0.1) is 0 Å². The van der Waals surface area contributed by atoms with E-state index in [2.05, 4.69) is 4.72 Å². The summed E-state index contributed by atoms with van der Waals surface area (Å²) < 4.78 is 31.6. The predicted molar refractivity (Wildman–Crippen MR) is 73.6 cm³/mol. The molecule has 1 aliphatic carbocycles. The molecule has 1 aliphatic rings. The van der Waals surface area contributed by atoms with E-state index in [1.807, 2.05) is 30.3 Å². The van der Waals surface area contributed by atoms with Crippen molar-refractivity contribution in [3.8, 4) is 0 Å². The Balaban J connectivity index is 1.71. The van der Waals surface area contributed by atoms with E-state index >= 15 is 0 Å². The highest BCUT2D eigenvalue weighted by Crippen LogP contribution is 2.41. The fourth-order valence-corrected chi connectivity index (χ4v) is 3.45. The first-order chi connectivity index (χ1) is 9.97. The molecule has 6 nitrogen and oxygen atoms in total. The highest BCUT2D eigenvalue weighted by Gasteiger charge is 2.41. The molecule has 0 bridgehead atoms. The first-order valence-electron chi connectivity index (χ1n) is 6.38. The lowest BCUT2D eigenvalue weighted by Gasteiger charge is -2.03. The second kappa shape index (κ2) is 5.01. The van der Waals surface area contributed by atoms with Crippen LogP contribution in [0, 0.1) is 0 Å². The van der Waals surface area contributed by atoms with Crippen LogP contribution in [0.15, 0.2) is 52.0 Å². The van der Waals surface area contributed by atoms with Crippen LogP contribution >= 0.6 is 0 Å². The van der Waals surface area contributed by atoms with Crippen molar-refractivity contribution in [2.45, 2.75) is 23.5 Å². The summed E-state index contributed by atoms with van der Waals surface area (Å²) in [4.78, 5) is 10.7. The molecule has 0 spiro atoms. The molecular formula is C14H13NO5S. The minimum Gasteiger partial charge on any atom is -0.475 e. The molecule has 0 aliphatic heterocycles. The van der Waals surface area contributed by atoms with E-state index in [1.54, 1.807) is 0 Å². The third-order valence-corrected chi connectivity index (χ3v) is 4.74. The van der Waals surface area contributed by atoms with Crippen LogP contribution in [0.5, 0.6) is 0 Å². The first kappa shape index (κ1) is 13.8. The van der Waals surface area contributed by atoms with Crippen LogP contribution in [-0.2, 0) is 10.0 Å². The molecular weight excluding hydrogens is 294 g/mol. The van der Waals surface area contributed by atoms with E-state index in [0.717, 1.165) is 24.1 Å².